The minimum atomic E-state index is -4.13. The first-order valence-electron chi connectivity index (χ1n) is 11.9. The molecule has 0 aliphatic carbocycles. The van der Waals surface area contributed by atoms with Gasteiger partial charge in [0.1, 0.15) is 0 Å². The van der Waals surface area contributed by atoms with Crippen molar-refractivity contribution < 1.29 is 50.4 Å². The summed E-state index contributed by atoms with van der Waals surface area (Å²) >= 11 is -4.13. The first-order chi connectivity index (χ1) is 14.8. The van der Waals surface area contributed by atoms with Gasteiger partial charge >= 0.3 is 209 Å². The zero-order valence-electron chi connectivity index (χ0n) is 23.4. The van der Waals surface area contributed by atoms with Gasteiger partial charge in [0.25, 0.3) is 0 Å². The molecule has 0 amide bonds. The number of hydrogen-bond donors (Lipinski definition) is 0. The van der Waals surface area contributed by atoms with E-state index in [0.717, 1.165) is 0 Å². The van der Waals surface area contributed by atoms with Crippen LogP contribution in [0.1, 0.15) is 83.1 Å². The van der Waals surface area contributed by atoms with Gasteiger partial charge in [0.05, 0.1) is 0 Å². The van der Waals surface area contributed by atoms with Crippen LogP contribution < -0.4 is 0 Å². The Bertz CT molecular complexity index is 407. The van der Waals surface area contributed by atoms with E-state index in [-0.39, 0.29) is 22.4 Å². The topological polar surface area (TPSA) is 73.8 Å². The molecular formula is C24H52O8Ti. The summed E-state index contributed by atoms with van der Waals surface area (Å²) in [7, 11) is 0. The molecule has 0 fully saturated rings. The molecule has 8 nitrogen and oxygen atoms in total. The molecule has 0 bridgehead atoms. The monoisotopic (exact) mass is 516 g/mol. The molecule has 0 aromatic heterocycles. The number of hydrogen-bond acceptors (Lipinski definition) is 8. The maximum absolute atomic E-state index is 6.15. The molecule has 0 spiro atoms. The summed E-state index contributed by atoms with van der Waals surface area (Å²) in [6.07, 6.45) is 0. The number of rotatable bonds is 16. The van der Waals surface area contributed by atoms with Gasteiger partial charge in [-0.2, -0.15) is 0 Å². The van der Waals surface area contributed by atoms with Gasteiger partial charge < -0.3 is 0 Å². The molecule has 0 heterocycles. The fourth-order valence-corrected chi connectivity index (χ4v) is 5.17. The normalized spacial score (nSPS) is 14.2. The molecule has 0 saturated carbocycles. The molecule has 0 atom stereocenters. The summed E-state index contributed by atoms with van der Waals surface area (Å²) in [5.74, 6) is 0. The first-order valence-corrected chi connectivity index (χ1v) is 14.5. The predicted molar refractivity (Wildman–Crippen MR) is 127 cm³/mol. The Balaban J connectivity index is 5.17. The van der Waals surface area contributed by atoms with Crippen LogP contribution in [0.3, 0.4) is 0 Å². The van der Waals surface area contributed by atoms with Gasteiger partial charge in [-0.15, -0.1) is 0 Å². The fourth-order valence-electron chi connectivity index (χ4n) is 2.31. The second-order valence-electron chi connectivity index (χ2n) is 11.7. The average molecular weight is 517 g/mol. The zero-order chi connectivity index (χ0) is 25.8. The summed E-state index contributed by atoms with van der Waals surface area (Å²) in [6.45, 7) is 26.9. The summed E-state index contributed by atoms with van der Waals surface area (Å²) in [5.41, 5.74) is -1.04. The third-order valence-corrected chi connectivity index (χ3v) is 7.07. The van der Waals surface area contributed by atoms with Crippen LogP contribution in [0.5, 0.6) is 0 Å². The van der Waals surface area contributed by atoms with Gasteiger partial charge in [0, 0.05) is 0 Å². The Labute approximate surface area is 208 Å². The molecule has 200 valence electrons. The van der Waals surface area contributed by atoms with Crippen molar-refractivity contribution in [3.8, 4) is 0 Å². The molecule has 0 aromatic carbocycles. The van der Waals surface area contributed by atoms with E-state index < -0.39 is 18.1 Å². The quantitative estimate of drug-likeness (QED) is 0.207. The van der Waals surface area contributed by atoms with Crippen molar-refractivity contribution in [2.24, 2.45) is 0 Å². The predicted octanol–water partition coefficient (Wildman–Crippen LogP) is 5.13. The summed E-state index contributed by atoms with van der Waals surface area (Å²) in [5, 5.41) is 0. The standard InChI is InChI=1S/4C6H13O2.Ti/c4*1-6(2,3)8-5-4-7;/h4*4-5H2,1-3H3;/q4*-1;+4. The third-order valence-electron chi connectivity index (χ3n) is 3.59. The van der Waals surface area contributed by atoms with Crippen molar-refractivity contribution in [1.82, 2.24) is 0 Å². The van der Waals surface area contributed by atoms with Crippen LogP contribution >= 0.6 is 0 Å². The molecule has 0 aromatic rings. The Morgan fingerprint density at radius 2 is 0.515 bits per heavy atom. The van der Waals surface area contributed by atoms with Gasteiger partial charge in [-0.25, -0.2) is 0 Å². The van der Waals surface area contributed by atoms with Gasteiger partial charge in [-0.1, -0.05) is 0 Å². The Morgan fingerprint density at radius 3 is 0.667 bits per heavy atom. The van der Waals surface area contributed by atoms with Crippen LogP contribution in [0, 0.1) is 0 Å². The van der Waals surface area contributed by atoms with E-state index in [4.69, 9.17) is 32.2 Å². The van der Waals surface area contributed by atoms with Crippen molar-refractivity contribution in [2.45, 2.75) is 105 Å². The number of ether oxygens (including phenoxy) is 4. The third kappa shape index (κ3) is 22.6. The van der Waals surface area contributed by atoms with E-state index in [9.17, 15) is 0 Å². The van der Waals surface area contributed by atoms with Crippen molar-refractivity contribution >= 4 is 0 Å². The molecule has 0 unspecified atom stereocenters. The first kappa shape index (κ1) is 33.4. The van der Waals surface area contributed by atoms with E-state index in [1.807, 2.05) is 83.1 Å². The van der Waals surface area contributed by atoms with Crippen LogP contribution in [0.25, 0.3) is 0 Å². The van der Waals surface area contributed by atoms with Crippen LogP contribution in [0.15, 0.2) is 0 Å². The van der Waals surface area contributed by atoms with E-state index in [2.05, 4.69) is 0 Å². The molecule has 0 aliphatic rings. The molecule has 0 saturated heterocycles. The Morgan fingerprint density at radius 1 is 0.333 bits per heavy atom. The minimum absolute atomic E-state index is 0.261. The van der Waals surface area contributed by atoms with E-state index >= 15 is 0 Å². The second kappa shape index (κ2) is 14.8. The molecule has 9 heteroatoms. The van der Waals surface area contributed by atoms with Crippen LogP contribution in [-0.4, -0.2) is 75.3 Å². The second-order valence-corrected chi connectivity index (χ2v) is 15.1. The fraction of sp³-hybridized carbons (Fsp3) is 1.00. The van der Waals surface area contributed by atoms with Crippen molar-refractivity contribution in [3.63, 3.8) is 0 Å². The molecule has 0 N–H and O–H groups in total. The average Bonchev–Trinajstić information content (AvgIpc) is 2.60. The summed E-state index contributed by atoms with van der Waals surface area (Å²) in [6, 6.07) is 0. The van der Waals surface area contributed by atoms with Crippen molar-refractivity contribution in [3.05, 3.63) is 0 Å². The molecule has 0 rings (SSSR count). The van der Waals surface area contributed by atoms with Crippen LogP contribution in [0.4, 0.5) is 0 Å². The van der Waals surface area contributed by atoms with Crippen molar-refractivity contribution in [1.29, 1.82) is 0 Å². The Kier molecular flexibility index (Phi) is 15.0. The van der Waals surface area contributed by atoms with Gasteiger partial charge in [-0.05, 0) is 0 Å². The van der Waals surface area contributed by atoms with Gasteiger partial charge in [0.2, 0.25) is 0 Å². The zero-order valence-corrected chi connectivity index (χ0v) is 25.0. The van der Waals surface area contributed by atoms with E-state index in [1.54, 1.807) is 0 Å². The molecule has 0 aliphatic heterocycles. The van der Waals surface area contributed by atoms with Crippen LogP contribution in [-0.2, 0) is 50.4 Å². The van der Waals surface area contributed by atoms with Gasteiger partial charge in [-0.3, -0.25) is 0 Å². The summed E-state index contributed by atoms with van der Waals surface area (Å²) in [4.78, 5) is 0. The maximum atomic E-state index is 6.15. The van der Waals surface area contributed by atoms with Gasteiger partial charge in [0.15, 0.2) is 0 Å². The summed E-state index contributed by atoms with van der Waals surface area (Å²) < 4.78 is 47.8. The van der Waals surface area contributed by atoms with Crippen molar-refractivity contribution in [2.75, 3.05) is 52.9 Å². The molecular weight excluding hydrogens is 464 g/mol. The van der Waals surface area contributed by atoms with E-state index in [0.29, 0.717) is 52.9 Å². The van der Waals surface area contributed by atoms with E-state index in [1.165, 1.54) is 0 Å². The Hall–Kier alpha value is 0.394. The van der Waals surface area contributed by atoms with Crippen LogP contribution in [0.2, 0.25) is 0 Å². The molecule has 33 heavy (non-hydrogen) atoms. The molecule has 0 radical (unpaired) electrons. The SMILES string of the molecule is CC(C)(C)OCC[O][Ti]([O]CCOC(C)(C)C)([O]CCOC(C)(C)C)[O]CCOC(C)(C)C.